The molecule has 0 aliphatic rings. The van der Waals surface area contributed by atoms with Crippen molar-refractivity contribution in [2.45, 2.75) is 0 Å². The van der Waals surface area contributed by atoms with Gasteiger partial charge in [0.05, 0.1) is 10.9 Å². The van der Waals surface area contributed by atoms with E-state index in [0.29, 0.717) is 28.8 Å². The average Bonchev–Trinajstić information content (AvgIpc) is 3.55. The summed E-state index contributed by atoms with van der Waals surface area (Å²) in [6.07, 6.45) is 1.86. The molecule has 0 aliphatic heterocycles. The third kappa shape index (κ3) is 4.82. The molecule has 0 spiro atoms. The number of hydrogen-bond acceptors (Lipinski definition) is 5. The fourth-order valence-electron chi connectivity index (χ4n) is 6.24. The first-order valence-corrected chi connectivity index (χ1v) is 15.6. The smallest absolute Gasteiger partial charge is 0.227 e. The van der Waals surface area contributed by atoms with E-state index in [9.17, 15) is 0 Å². The van der Waals surface area contributed by atoms with Gasteiger partial charge < -0.3 is 4.42 Å². The molecule has 0 unspecified atom stereocenters. The van der Waals surface area contributed by atoms with Gasteiger partial charge in [-0.25, -0.2) is 19.9 Å². The van der Waals surface area contributed by atoms with Gasteiger partial charge in [0.25, 0.3) is 0 Å². The minimum Gasteiger partial charge on any atom is -0.437 e. The van der Waals surface area contributed by atoms with Crippen LogP contribution < -0.4 is 0 Å². The monoisotopic (exact) mass is 602 g/mol. The Hall–Kier alpha value is -6.46. The highest BCUT2D eigenvalue weighted by Gasteiger charge is 2.19. The average molecular weight is 603 g/mol. The summed E-state index contributed by atoms with van der Waals surface area (Å²) < 4.78 is 6.46. The molecule has 0 atom stereocenters. The number of aromatic nitrogens is 4. The van der Waals surface area contributed by atoms with E-state index in [0.717, 1.165) is 60.5 Å². The van der Waals surface area contributed by atoms with Crippen molar-refractivity contribution in [3.05, 3.63) is 158 Å². The number of hydrogen-bond donors (Lipinski definition) is 0. The Balaban J connectivity index is 1.22. The molecule has 0 aliphatic carbocycles. The lowest BCUT2D eigenvalue weighted by atomic mass is 10.0. The zero-order chi connectivity index (χ0) is 31.2. The van der Waals surface area contributed by atoms with Gasteiger partial charge in [-0.1, -0.05) is 146 Å². The van der Waals surface area contributed by atoms with Crippen molar-refractivity contribution >= 4 is 32.8 Å². The molecule has 9 rings (SSSR count). The largest absolute Gasteiger partial charge is 0.437 e. The molecule has 0 fully saturated rings. The van der Waals surface area contributed by atoms with Crippen LogP contribution >= 0.6 is 0 Å². The lowest BCUT2D eigenvalue weighted by Crippen LogP contribution is -2.00. The van der Waals surface area contributed by atoms with Gasteiger partial charge in [0.15, 0.2) is 17.5 Å². The van der Waals surface area contributed by atoms with Crippen molar-refractivity contribution in [1.29, 1.82) is 0 Å². The number of furan rings is 1. The maximum absolute atomic E-state index is 6.46. The Bertz CT molecular complexity index is 2440. The predicted octanol–water partition coefficient (Wildman–Crippen LogP) is 10.7. The molecule has 3 aromatic heterocycles. The second-order valence-electron chi connectivity index (χ2n) is 11.5. The Morgan fingerprint density at radius 1 is 0.383 bits per heavy atom. The normalized spacial score (nSPS) is 11.4. The van der Waals surface area contributed by atoms with Gasteiger partial charge in [-0.2, -0.15) is 0 Å². The highest BCUT2D eigenvalue weighted by molar-refractivity contribution is 6.19. The number of para-hydroxylation sites is 1. The molecule has 0 N–H and O–H groups in total. The Morgan fingerprint density at radius 2 is 0.872 bits per heavy atom. The zero-order valence-corrected chi connectivity index (χ0v) is 25.2. The summed E-state index contributed by atoms with van der Waals surface area (Å²) in [5.41, 5.74) is 8.47. The topological polar surface area (TPSA) is 64.7 Å². The maximum Gasteiger partial charge on any atom is 0.227 e. The second kappa shape index (κ2) is 11.2. The van der Waals surface area contributed by atoms with E-state index in [1.165, 1.54) is 0 Å². The summed E-state index contributed by atoms with van der Waals surface area (Å²) in [6.45, 7) is 0. The third-order valence-electron chi connectivity index (χ3n) is 8.62. The van der Waals surface area contributed by atoms with Crippen LogP contribution in [0, 0.1) is 0 Å². The van der Waals surface area contributed by atoms with E-state index in [4.69, 9.17) is 19.4 Å². The van der Waals surface area contributed by atoms with E-state index in [1.807, 2.05) is 66.9 Å². The standard InChI is InChI=1S/C42H26N4O/c1-3-10-27(11-4-1)29-18-22-31(23-19-29)39-44-40(32-24-20-30(21-25-32)28-12-5-2-6-13-28)46-41(45-39)36-17-9-16-35-37-34-15-8-7-14-33(34)26-43-42(37)47-38(35)36/h1-26H. The van der Waals surface area contributed by atoms with Crippen LogP contribution in [0.2, 0.25) is 0 Å². The van der Waals surface area contributed by atoms with Crippen LogP contribution in [0.3, 0.4) is 0 Å². The van der Waals surface area contributed by atoms with E-state index in [-0.39, 0.29) is 0 Å². The lowest BCUT2D eigenvalue weighted by Gasteiger charge is -2.10. The minimum absolute atomic E-state index is 0.540. The first-order valence-electron chi connectivity index (χ1n) is 15.6. The number of fused-ring (bicyclic) bond motifs is 5. The summed E-state index contributed by atoms with van der Waals surface area (Å²) in [6, 6.07) is 51.8. The highest BCUT2D eigenvalue weighted by Crippen LogP contribution is 2.38. The maximum atomic E-state index is 6.46. The molecule has 0 bridgehead atoms. The van der Waals surface area contributed by atoms with Crippen molar-refractivity contribution in [2.75, 3.05) is 0 Å². The molecule has 220 valence electrons. The van der Waals surface area contributed by atoms with E-state index >= 15 is 0 Å². The van der Waals surface area contributed by atoms with Gasteiger partial charge in [0, 0.05) is 28.1 Å². The quantitative estimate of drug-likeness (QED) is 0.196. The van der Waals surface area contributed by atoms with Crippen LogP contribution in [0.25, 0.3) is 89.3 Å². The summed E-state index contributed by atoms with van der Waals surface area (Å²) in [5, 5.41) is 4.13. The number of rotatable bonds is 5. The molecule has 47 heavy (non-hydrogen) atoms. The predicted molar refractivity (Wildman–Crippen MR) is 190 cm³/mol. The third-order valence-corrected chi connectivity index (χ3v) is 8.62. The van der Waals surface area contributed by atoms with Gasteiger partial charge in [-0.15, -0.1) is 0 Å². The molecular formula is C42H26N4O. The van der Waals surface area contributed by atoms with E-state index in [1.54, 1.807) is 0 Å². The first-order chi connectivity index (χ1) is 23.3. The van der Waals surface area contributed by atoms with Crippen molar-refractivity contribution in [3.63, 3.8) is 0 Å². The fraction of sp³-hybridized carbons (Fsp3) is 0. The van der Waals surface area contributed by atoms with Gasteiger partial charge in [0.1, 0.15) is 5.58 Å². The second-order valence-corrected chi connectivity index (χ2v) is 11.5. The van der Waals surface area contributed by atoms with Crippen molar-refractivity contribution in [1.82, 2.24) is 19.9 Å². The highest BCUT2D eigenvalue weighted by atomic mass is 16.3. The van der Waals surface area contributed by atoms with Crippen LogP contribution in [0.15, 0.2) is 162 Å². The summed E-state index contributed by atoms with van der Waals surface area (Å²) in [5.74, 6) is 1.72. The summed E-state index contributed by atoms with van der Waals surface area (Å²) >= 11 is 0. The van der Waals surface area contributed by atoms with Crippen LogP contribution in [0.1, 0.15) is 0 Å². The SMILES string of the molecule is c1ccc(-c2ccc(-c3nc(-c4ccc(-c5ccccc5)cc4)nc(-c4cccc5c4oc4ncc6ccccc6c45)n3)cc2)cc1. The van der Waals surface area contributed by atoms with Crippen molar-refractivity contribution in [2.24, 2.45) is 0 Å². The van der Waals surface area contributed by atoms with Crippen LogP contribution in [-0.2, 0) is 0 Å². The molecule has 0 radical (unpaired) electrons. The first kappa shape index (κ1) is 26.9. The van der Waals surface area contributed by atoms with Crippen LogP contribution in [0.4, 0.5) is 0 Å². The Labute approximate surface area is 270 Å². The number of nitrogens with zero attached hydrogens (tertiary/aromatic N) is 4. The van der Waals surface area contributed by atoms with Crippen molar-refractivity contribution < 1.29 is 4.42 Å². The molecule has 9 aromatic rings. The molecule has 0 saturated carbocycles. The molecule has 5 heteroatoms. The van der Waals surface area contributed by atoms with Crippen molar-refractivity contribution in [3.8, 4) is 56.4 Å². The molecule has 5 nitrogen and oxygen atoms in total. The van der Waals surface area contributed by atoms with E-state index in [2.05, 4.69) is 96.0 Å². The Morgan fingerprint density at radius 3 is 1.49 bits per heavy atom. The molecule has 0 saturated heterocycles. The molecule has 0 amide bonds. The van der Waals surface area contributed by atoms with Crippen LogP contribution in [-0.4, -0.2) is 19.9 Å². The minimum atomic E-state index is 0.540. The van der Waals surface area contributed by atoms with Gasteiger partial charge in [-0.3, -0.25) is 0 Å². The lowest BCUT2D eigenvalue weighted by molar-refractivity contribution is 0.655. The van der Waals surface area contributed by atoms with Gasteiger partial charge in [0.2, 0.25) is 5.71 Å². The van der Waals surface area contributed by atoms with Crippen LogP contribution in [0.5, 0.6) is 0 Å². The van der Waals surface area contributed by atoms with Gasteiger partial charge >= 0.3 is 0 Å². The Kier molecular flexibility index (Phi) is 6.39. The molecule has 3 heterocycles. The summed E-state index contributed by atoms with van der Waals surface area (Å²) in [7, 11) is 0. The molecule has 6 aromatic carbocycles. The molecular weight excluding hydrogens is 576 g/mol. The summed E-state index contributed by atoms with van der Waals surface area (Å²) in [4.78, 5) is 19.8. The number of benzene rings is 6. The fourth-order valence-corrected chi connectivity index (χ4v) is 6.24. The zero-order valence-electron chi connectivity index (χ0n) is 25.2. The van der Waals surface area contributed by atoms with Gasteiger partial charge in [-0.05, 0) is 33.7 Å². The van der Waals surface area contributed by atoms with E-state index < -0.39 is 0 Å². The number of pyridine rings is 1.